The molecule has 0 atom stereocenters. The highest BCUT2D eigenvalue weighted by atomic mass is 16.6. The van der Waals surface area contributed by atoms with Gasteiger partial charge in [0.1, 0.15) is 11.1 Å². The van der Waals surface area contributed by atoms with Crippen LogP contribution >= 0.6 is 0 Å². The molecule has 6 nitrogen and oxygen atoms in total. The predicted octanol–water partition coefficient (Wildman–Crippen LogP) is 6.64. The first-order valence-electron chi connectivity index (χ1n) is 13.7. The maximum Gasteiger partial charge on any atom is 0.410 e. The van der Waals surface area contributed by atoms with Gasteiger partial charge in [0.2, 0.25) is 0 Å². The van der Waals surface area contributed by atoms with E-state index in [-0.39, 0.29) is 12.2 Å². The average Bonchev–Trinajstić information content (AvgIpc) is 3.43. The van der Waals surface area contributed by atoms with E-state index < -0.39 is 11.1 Å². The molecule has 1 aliphatic heterocycles. The number of carbonyl (C=O) groups is 1. The predicted molar refractivity (Wildman–Crippen MR) is 152 cm³/mol. The Labute approximate surface area is 231 Å². The summed E-state index contributed by atoms with van der Waals surface area (Å²) in [6.45, 7) is 7.35. The quantitative estimate of drug-likeness (QED) is 0.255. The van der Waals surface area contributed by atoms with E-state index in [0.717, 1.165) is 35.2 Å². The molecule has 202 valence electrons. The second-order valence-corrected chi connectivity index (χ2v) is 11.1. The monoisotopic (exact) mass is 523 g/mol. The van der Waals surface area contributed by atoms with Gasteiger partial charge in [0.15, 0.2) is 0 Å². The Morgan fingerprint density at radius 1 is 0.821 bits per heavy atom. The first kappa shape index (κ1) is 26.7. The molecule has 0 radical (unpaired) electrons. The van der Waals surface area contributed by atoms with Crippen molar-refractivity contribution >= 4 is 6.09 Å². The number of rotatable bonds is 7. The smallest absolute Gasteiger partial charge is 0.410 e. The van der Waals surface area contributed by atoms with Crippen LogP contribution in [0.25, 0.3) is 0 Å². The van der Waals surface area contributed by atoms with E-state index in [1.54, 1.807) is 4.90 Å². The van der Waals surface area contributed by atoms with Gasteiger partial charge in [-0.15, -0.1) is 0 Å². The molecule has 0 aliphatic carbocycles. The molecule has 0 unspecified atom stereocenters. The molecule has 1 fully saturated rings. The number of imidazole rings is 1. The summed E-state index contributed by atoms with van der Waals surface area (Å²) in [6, 6.07) is 31.7. The summed E-state index contributed by atoms with van der Waals surface area (Å²) in [6.07, 6.45) is 5.40. The molecule has 0 bridgehead atoms. The molecule has 5 rings (SSSR count). The van der Waals surface area contributed by atoms with Crippen LogP contribution in [0.1, 0.15) is 56.0 Å². The van der Waals surface area contributed by atoms with Gasteiger partial charge in [-0.3, -0.25) is 0 Å². The summed E-state index contributed by atoms with van der Waals surface area (Å²) >= 11 is 0. The number of nitrogens with zero attached hydrogens (tertiary/aromatic N) is 3. The Morgan fingerprint density at radius 3 is 1.77 bits per heavy atom. The van der Waals surface area contributed by atoms with Gasteiger partial charge in [-0.2, -0.15) is 0 Å². The van der Waals surface area contributed by atoms with Crippen molar-refractivity contribution in [2.45, 2.75) is 57.5 Å². The van der Waals surface area contributed by atoms with Crippen molar-refractivity contribution in [2.75, 3.05) is 13.1 Å². The van der Waals surface area contributed by atoms with E-state index in [1.807, 2.05) is 45.3 Å². The van der Waals surface area contributed by atoms with Gasteiger partial charge in [-0.05, 0) is 50.3 Å². The van der Waals surface area contributed by atoms with Crippen LogP contribution in [-0.4, -0.2) is 45.3 Å². The number of carbonyl (C=O) groups excluding carboxylic acids is 1. The molecule has 1 aliphatic rings. The minimum Gasteiger partial charge on any atom is -0.444 e. The molecule has 1 amide bonds. The molecule has 1 saturated heterocycles. The lowest BCUT2D eigenvalue weighted by atomic mass is 9.77. The van der Waals surface area contributed by atoms with Gasteiger partial charge < -0.3 is 18.9 Å². The molecule has 6 heteroatoms. The molecule has 0 saturated carbocycles. The molecule has 2 heterocycles. The second kappa shape index (κ2) is 11.5. The first-order chi connectivity index (χ1) is 18.9. The van der Waals surface area contributed by atoms with Crippen molar-refractivity contribution in [1.29, 1.82) is 0 Å². The van der Waals surface area contributed by atoms with E-state index in [0.29, 0.717) is 19.7 Å². The number of hydrogen-bond donors (Lipinski definition) is 0. The number of aromatic nitrogens is 2. The maximum absolute atomic E-state index is 12.4. The summed E-state index contributed by atoms with van der Waals surface area (Å²) in [5.41, 5.74) is 3.26. The molecule has 1 aromatic heterocycles. The van der Waals surface area contributed by atoms with Gasteiger partial charge in [-0.25, -0.2) is 9.78 Å². The third-order valence-electron chi connectivity index (χ3n) is 7.16. The molecular formula is C33H37N3O3. The van der Waals surface area contributed by atoms with Crippen LogP contribution < -0.4 is 0 Å². The van der Waals surface area contributed by atoms with Crippen LogP contribution in [0.5, 0.6) is 0 Å². The Morgan fingerprint density at radius 2 is 1.31 bits per heavy atom. The molecule has 0 N–H and O–H groups in total. The minimum atomic E-state index is -0.589. The summed E-state index contributed by atoms with van der Waals surface area (Å²) < 4.78 is 14.0. The Kier molecular flexibility index (Phi) is 7.84. The fraction of sp³-hybridized carbons (Fsp3) is 0.333. The highest BCUT2D eigenvalue weighted by molar-refractivity contribution is 5.68. The lowest BCUT2D eigenvalue weighted by molar-refractivity contribution is -0.0177. The normalized spacial score (nSPS) is 14.8. The molecule has 39 heavy (non-hydrogen) atoms. The van der Waals surface area contributed by atoms with E-state index >= 15 is 0 Å². The Hall–Kier alpha value is -3.90. The highest BCUT2D eigenvalue weighted by Crippen LogP contribution is 2.40. The number of piperidine rings is 1. The molecule has 3 aromatic carbocycles. The number of benzene rings is 3. The molecule has 4 aromatic rings. The van der Waals surface area contributed by atoms with Crippen LogP contribution in [0.3, 0.4) is 0 Å². The SMILES string of the molecule is CC(C)(C)OC(=O)N1CCC(OCc2cn(C(c3ccccc3)(c3ccccc3)c3ccccc3)cn2)CC1. The number of amides is 1. The Balaban J connectivity index is 1.37. The number of likely N-dealkylation sites (tertiary alicyclic amines) is 1. The van der Waals surface area contributed by atoms with Crippen molar-refractivity contribution < 1.29 is 14.3 Å². The van der Waals surface area contributed by atoms with Crippen molar-refractivity contribution in [1.82, 2.24) is 14.5 Å². The number of ether oxygens (including phenoxy) is 2. The van der Waals surface area contributed by atoms with Gasteiger partial charge in [0.25, 0.3) is 0 Å². The zero-order valence-corrected chi connectivity index (χ0v) is 23.0. The fourth-order valence-corrected chi connectivity index (χ4v) is 5.34. The fourth-order valence-electron chi connectivity index (χ4n) is 5.34. The average molecular weight is 524 g/mol. The first-order valence-corrected chi connectivity index (χ1v) is 13.7. The molecular weight excluding hydrogens is 486 g/mol. The van der Waals surface area contributed by atoms with E-state index in [1.165, 1.54) is 0 Å². The van der Waals surface area contributed by atoms with Crippen LogP contribution in [0.2, 0.25) is 0 Å². The lowest BCUT2D eigenvalue weighted by Gasteiger charge is -2.37. The van der Waals surface area contributed by atoms with Crippen molar-refractivity contribution in [3.05, 3.63) is 126 Å². The zero-order chi connectivity index (χ0) is 27.3. The summed E-state index contributed by atoms with van der Waals surface area (Å²) in [5, 5.41) is 0. The summed E-state index contributed by atoms with van der Waals surface area (Å²) in [7, 11) is 0. The van der Waals surface area contributed by atoms with E-state index in [2.05, 4.69) is 83.6 Å². The third kappa shape index (κ3) is 5.91. The van der Waals surface area contributed by atoms with Crippen molar-refractivity contribution in [3.63, 3.8) is 0 Å². The van der Waals surface area contributed by atoms with Gasteiger partial charge >= 0.3 is 6.09 Å². The van der Waals surface area contributed by atoms with E-state index in [9.17, 15) is 4.79 Å². The van der Waals surface area contributed by atoms with Crippen LogP contribution in [0, 0.1) is 0 Å². The highest BCUT2D eigenvalue weighted by Gasteiger charge is 2.38. The van der Waals surface area contributed by atoms with Crippen molar-refractivity contribution in [3.8, 4) is 0 Å². The Bertz CT molecular complexity index is 1240. The summed E-state index contributed by atoms with van der Waals surface area (Å²) in [5.74, 6) is 0. The van der Waals surface area contributed by atoms with Gasteiger partial charge in [0, 0.05) is 19.3 Å². The second-order valence-electron chi connectivity index (χ2n) is 11.1. The largest absolute Gasteiger partial charge is 0.444 e. The van der Waals surface area contributed by atoms with Crippen LogP contribution in [0.15, 0.2) is 104 Å². The van der Waals surface area contributed by atoms with E-state index in [4.69, 9.17) is 14.5 Å². The van der Waals surface area contributed by atoms with Crippen molar-refractivity contribution in [2.24, 2.45) is 0 Å². The third-order valence-corrected chi connectivity index (χ3v) is 7.16. The maximum atomic E-state index is 12.4. The van der Waals surface area contributed by atoms with Crippen LogP contribution in [0.4, 0.5) is 4.79 Å². The zero-order valence-electron chi connectivity index (χ0n) is 23.0. The van der Waals surface area contributed by atoms with Crippen LogP contribution in [-0.2, 0) is 21.6 Å². The summed E-state index contributed by atoms with van der Waals surface area (Å²) in [4.78, 5) is 18.9. The minimum absolute atomic E-state index is 0.0796. The lowest BCUT2D eigenvalue weighted by Crippen LogP contribution is -2.43. The number of hydrogen-bond acceptors (Lipinski definition) is 4. The molecule has 0 spiro atoms. The van der Waals surface area contributed by atoms with Gasteiger partial charge in [0.05, 0.1) is 24.7 Å². The topological polar surface area (TPSA) is 56.6 Å². The van der Waals surface area contributed by atoms with Gasteiger partial charge in [-0.1, -0.05) is 91.0 Å². The standard InChI is InChI=1S/C33H37N3O3/c1-32(2,3)39-31(37)35-21-19-30(20-22-35)38-24-29-23-36(25-34-29)33(26-13-7-4-8-14-26,27-15-9-5-10-16-27)28-17-11-6-12-18-28/h4-18,23,25,30H,19-22,24H2,1-3H3.